The van der Waals surface area contributed by atoms with E-state index >= 15 is 0 Å². The van der Waals surface area contributed by atoms with Crippen molar-refractivity contribution in [2.45, 2.75) is 4.90 Å². The second-order valence-electron chi connectivity index (χ2n) is 5.26. The minimum Gasteiger partial charge on any atom is -0.506 e. The number of benzene rings is 3. The third-order valence-corrected chi connectivity index (χ3v) is 4.53. The van der Waals surface area contributed by atoms with E-state index in [4.69, 9.17) is 0 Å². The van der Waals surface area contributed by atoms with Crippen molar-refractivity contribution in [2.24, 2.45) is 0 Å². The summed E-state index contributed by atoms with van der Waals surface area (Å²) in [4.78, 5) is 1.02. The molecule has 0 saturated heterocycles. The first kappa shape index (κ1) is 16.8. The lowest BCUT2D eigenvalue weighted by molar-refractivity contribution is 0.471. The number of nitrogens with zero attached hydrogens (tertiary/aromatic N) is 1. The highest BCUT2D eigenvalue weighted by Crippen LogP contribution is 2.44. The second-order valence-corrected chi connectivity index (χ2v) is 6.65. The Morgan fingerprint density at radius 3 is 1.48 bits per heavy atom. The summed E-state index contributed by atoms with van der Waals surface area (Å²) >= 11 is 0. The van der Waals surface area contributed by atoms with Crippen LogP contribution < -0.4 is 4.90 Å². The summed E-state index contributed by atoms with van der Waals surface area (Å²) in [6.07, 6.45) is 0. The number of para-hydroxylation sites is 5. The second kappa shape index (κ2) is 6.46. The molecule has 0 fully saturated rings. The van der Waals surface area contributed by atoms with Gasteiger partial charge in [-0.25, -0.2) is 0 Å². The van der Waals surface area contributed by atoms with Gasteiger partial charge < -0.3 is 15.1 Å². The van der Waals surface area contributed by atoms with Crippen LogP contribution in [0.15, 0.2) is 77.7 Å². The van der Waals surface area contributed by atoms with E-state index in [-0.39, 0.29) is 33.5 Å². The van der Waals surface area contributed by atoms with Crippen molar-refractivity contribution in [3.8, 4) is 11.5 Å². The van der Waals surface area contributed by atoms with Gasteiger partial charge >= 0.3 is 0 Å². The van der Waals surface area contributed by atoms with Crippen LogP contribution in [0.25, 0.3) is 0 Å². The summed E-state index contributed by atoms with van der Waals surface area (Å²) in [6.45, 7) is 0. The van der Waals surface area contributed by atoms with E-state index in [1.807, 2.05) is 0 Å². The number of hydrogen-bond donors (Lipinski definition) is 3. The minimum absolute atomic E-state index is 0.0907. The maximum atomic E-state index is 11.8. The Morgan fingerprint density at radius 2 is 1.04 bits per heavy atom. The van der Waals surface area contributed by atoms with Crippen molar-refractivity contribution in [2.75, 3.05) is 4.90 Å². The molecule has 0 unspecified atom stereocenters. The fourth-order valence-corrected chi connectivity index (χ4v) is 3.23. The quantitative estimate of drug-likeness (QED) is 0.614. The molecule has 3 rings (SSSR count). The van der Waals surface area contributed by atoms with E-state index in [0.717, 1.165) is 0 Å². The highest BCUT2D eigenvalue weighted by molar-refractivity contribution is 7.86. The van der Waals surface area contributed by atoms with Gasteiger partial charge in [0.1, 0.15) is 16.4 Å². The van der Waals surface area contributed by atoms with Crippen molar-refractivity contribution in [1.82, 2.24) is 0 Å². The van der Waals surface area contributed by atoms with E-state index in [1.54, 1.807) is 42.5 Å². The lowest BCUT2D eigenvalue weighted by Gasteiger charge is -2.27. The third-order valence-electron chi connectivity index (χ3n) is 3.63. The zero-order chi connectivity index (χ0) is 18.0. The van der Waals surface area contributed by atoms with Gasteiger partial charge in [0, 0.05) is 0 Å². The van der Waals surface area contributed by atoms with Gasteiger partial charge in [0.15, 0.2) is 0 Å². The highest BCUT2D eigenvalue weighted by Gasteiger charge is 2.25. The van der Waals surface area contributed by atoms with E-state index in [1.165, 1.54) is 35.2 Å². The topological polar surface area (TPSA) is 98.1 Å². The van der Waals surface area contributed by atoms with E-state index in [0.29, 0.717) is 0 Å². The molecule has 3 aromatic carbocycles. The van der Waals surface area contributed by atoms with Gasteiger partial charge in [0.2, 0.25) is 0 Å². The summed E-state index contributed by atoms with van der Waals surface area (Å²) in [5, 5.41) is 20.5. The summed E-state index contributed by atoms with van der Waals surface area (Å²) in [5.41, 5.74) is 0.591. The van der Waals surface area contributed by atoms with Gasteiger partial charge in [-0.2, -0.15) is 8.42 Å². The monoisotopic (exact) mass is 357 g/mol. The average Bonchev–Trinajstić information content (AvgIpc) is 2.58. The summed E-state index contributed by atoms with van der Waals surface area (Å²) in [7, 11) is -4.53. The molecule has 0 aliphatic carbocycles. The zero-order valence-electron chi connectivity index (χ0n) is 12.9. The Labute approximate surface area is 145 Å². The van der Waals surface area contributed by atoms with Crippen LogP contribution in [0.2, 0.25) is 0 Å². The predicted octanol–water partition coefficient (Wildman–Crippen LogP) is 3.81. The molecule has 3 N–H and O–H groups in total. The lowest BCUT2D eigenvalue weighted by atomic mass is 10.1. The Balaban J connectivity index is 2.35. The number of phenolic OH excluding ortho intramolecular Hbond substituents is 2. The van der Waals surface area contributed by atoms with E-state index in [2.05, 4.69) is 0 Å². The van der Waals surface area contributed by atoms with Crippen molar-refractivity contribution in [1.29, 1.82) is 0 Å². The van der Waals surface area contributed by atoms with Crippen LogP contribution in [0.3, 0.4) is 0 Å². The molecule has 0 radical (unpaired) electrons. The van der Waals surface area contributed by atoms with Crippen LogP contribution in [0.4, 0.5) is 17.1 Å². The first-order valence-corrected chi connectivity index (χ1v) is 8.76. The average molecular weight is 357 g/mol. The van der Waals surface area contributed by atoms with Gasteiger partial charge in [0.05, 0.1) is 17.1 Å². The van der Waals surface area contributed by atoms with Crippen molar-refractivity contribution in [3.63, 3.8) is 0 Å². The molecule has 0 aromatic heterocycles. The molecule has 25 heavy (non-hydrogen) atoms. The fraction of sp³-hybridized carbons (Fsp3) is 0. The number of rotatable bonds is 4. The predicted molar refractivity (Wildman–Crippen MR) is 94.3 cm³/mol. The van der Waals surface area contributed by atoms with Gasteiger partial charge in [-0.15, -0.1) is 0 Å². The summed E-state index contributed by atoms with van der Waals surface area (Å²) < 4.78 is 33.2. The smallest absolute Gasteiger partial charge is 0.296 e. The maximum Gasteiger partial charge on any atom is 0.296 e. The lowest BCUT2D eigenvalue weighted by Crippen LogP contribution is -2.14. The molecule has 6 nitrogen and oxygen atoms in total. The first-order chi connectivity index (χ1) is 11.9. The van der Waals surface area contributed by atoms with Crippen molar-refractivity contribution >= 4 is 27.2 Å². The molecule has 0 amide bonds. The fourth-order valence-electron chi connectivity index (χ4n) is 2.56. The SMILES string of the molecule is O=S(=O)(O)c1ccccc1N(c1ccccc1O)c1ccccc1O. The van der Waals surface area contributed by atoms with Crippen molar-refractivity contribution < 1.29 is 23.2 Å². The molecular formula is C18H15NO5S. The molecule has 0 saturated carbocycles. The molecule has 128 valence electrons. The molecule has 7 heteroatoms. The molecule has 0 aliphatic heterocycles. The third kappa shape index (κ3) is 3.28. The molecule has 0 bridgehead atoms. The minimum atomic E-state index is -4.53. The standard InChI is InChI=1S/C18H15NO5S/c20-16-10-4-1-7-13(16)19(14-8-2-5-11-17(14)21)15-9-3-6-12-18(15)25(22,23)24/h1-12,20-21H,(H,22,23,24). The van der Waals surface area contributed by atoms with Crippen LogP contribution in [0, 0.1) is 0 Å². The van der Waals surface area contributed by atoms with Gasteiger partial charge in [-0.3, -0.25) is 4.55 Å². The number of anilines is 3. The Bertz CT molecular complexity index is 972. The van der Waals surface area contributed by atoms with Gasteiger partial charge in [-0.05, 0) is 36.4 Å². The normalized spacial score (nSPS) is 11.2. The van der Waals surface area contributed by atoms with Crippen LogP contribution in [-0.4, -0.2) is 23.2 Å². The first-order valence-electron chi connectivity index (χ1n) is 7.32. The molecule has 3 aromatic rings. The van der Waals surface area contributed by atoms with Crippen molar-refractivity contribution in [3.05, 3.63) is 72.8 Å². The maximum absolute atomic E-state index is 11.8. The number of phenols is 2. The van der Waals surface area contributed by atoms with Crippen LogP contribution in [-0.2, 0) is 10.1 Å². The summed E-state index contributed by atoms with van der Waals surface area (Å²) in [5.74, 6) is -0.230. The molecule has 0 heterocycles. The molecule has 0 aliphatic rings. The largest absolute Gasteiger partial charge is 0.506 e. The summed E-state index contributed by atoms with van der Waals surface area (Å²) in [6, 6.07) is 18.4. The van der Waals surface area contributed by atoms with Crippen LogP contribution in [0.5, 0.6) is 11.5 Å². The molecular weight excluding hydrogens is 342 g/mol. The zero-order valence-corrected chi connectivity index (χ0v) is 13.8. The van der Waals surface area contributed by atoms with E-state index in [9.17, 15) is 23.2 Å². The Kier molecular flexibility index (Phi) is 4.35. The van der Waals surface area contributed by atoms with Crippen LogP contribution in [0.1, 0.15) is 0 Å². The van der Waals surface area contributed by atoms with Gasteiger partial charge in [-0.1, -0.05) is 36.4 Å². The molecule has 0 spiro atoms. The Morgan fingerprint density at radius 1 is 0.640 bits per heavy atom. The highest BCUT2D eigenvalue weighted by atomic mass is 32.2. The Hall–Kier alpha value is -3.03. The van der Waals surface area contributed by atoms with Crippen LogP contribution >= 0.6 is 0 Å². The van der Waals surface area contributed by atoms with E-state index < -0.39 is 10.1 Å². The number of aromatic hydroxyl groups is 2. The van der Waals surface area contributed by atoms with Gasteiger partial charge in [0.25, 0.3) is 10.1 Å². The molecule has 0 atom stereocenters. The number of hydrogen-bond acceptors (Lipinski definition) is 5.